The molecule has 0 saturated heterocycles. The third kappa shape index (κ3) is 1.40. The minimum Gasteiger partial charge on any atom is -0.240 e. The molecule has 1 aliphatic carbocycles. The van der Waals surface area contributed by atoms with Crippen molar-refractivity contribution in [3.05, 3.63) is 39.2 Å². The summed E-state index contributed by atoms with van der Waals surface area (Å²) in [6.07, 6.45) is 1.03. The number of halogens is 1. The molecule has 0 saturated carbocycles. The second-order valence-electron chi connectivity index (χ2n) is 3.85. The number of thiazole rings is 1. The molecule has 76 valence electrons. The lowest BCUT2D eigenvalue weighted by Gasteiger charge is -2.00. The molecular weight excluding hydrogens is 226 g/mol. The van der Waals surface area contributed by atoms with Crippen LogP contribution in [0, 0.1) is 6.92 Å². The Balaban J connectivity index is 2.19. The smallest absolute Gasteiger partial charge is 0.108 e. The Labute approximate surface area is 97.7 Å². The van der Waals surface area contributed by atoms with Crippen LogP contribution in [-0.4, -0.2) is 4.98 Å². The molecule has 2 aromatic rings. The Morgan fingerprint density at radius 2 is 2.33 bits per heavy atom. The van der Waals surface area contributed by atoms with E-state index in [1.54, 1.807) is 11.3 Å². The third-order valence-electron chi connectivity index (χ3n) is 2.73. The maximum absolute atomic E-state index is 5.80. The van der Waals surface area contributed by atoms with Crippen LogP contribution in [0.25, 0.3) is 11.3 Å². The molecule has 1 nitrogen and oxygen atoms in total. The summed E-state index contributed by atoms with van der Waals surface area (Å²) in [5, 5.41) is 1.04. The van der Waals surface area contributed by atoms with Gasteiger partial charge in [-0.25, -0.2) is 4.98 Å². The Morgan fingerprint density at radius 3 is 3.13 bits per heavy atom. The zero-order valence-electron chi connectivity index (χ0n) is 8.38. The van der Waals surface area contributed by atoms with Gasteiger partial charge in [0.2, 0.25) is 0 Å². The molecule has 3 heteroatoms. The highest BCUT2D eigenvalue weighted by molar-refractivity contribution is 7.12. The average molecular weight is 236 g/mol. The van der Waals surface area contributed by atoms with Gasteiger partial charge in [-0.15, -0.1) is 22.9 Å². The first kappa shape index (κ1) is 9.37. The number of alkyl halides is 1. The minimum atomic E-state index is 0.527. The zero-order valence-corrected chi connectivity index (χ0v) is 9.95. The monoisotopic (exact) mass is 235 g/mol. The number of aryl methyl sites for hydroxylation is 1. The molecule has 3 rings (SSSR count). The fraction of sp³-hybridized carbons (Fsp3) is 0.250. The lowest BCUT2D eigenvalue weighted by atomic mass is 10.1. The van der Waals surface area contributed by atoms with Gasteiger partial charge in [-0.3, -0.25) is 0 Å². The van der Waals surface area contributed by atoms with Crippen molar-refractivity contribution in [2.45, 2.75) is 19.2 Å². The predicted molar refractivity (Wildman–Crippen MR) is 64.7 cm³/mol. The van der Waals surface area contributed by atoms with E-state index >= 15 is 0 Å². The van der Waals surface area contributed by atoms with Gasteiger partial charge in [0.1, 0.15) is 5.01 Å². The first-order valence-corrected chi connectivity index (χ1v) is 6.27. The van der Waals surface area contributed by atoms with E-state index in [0.717, 1.165) is 17.1 Å². The van der Waals surface area contributed by atoms with Crippen LogP contribution in [0.2, 0.25) is 0 Å². The van der Waals surface area contributed by atoms with Gasteiger partial charge in [0.15, 0.2) is 0 Å². The Morgan fingerprint density at radius 1 is 1.47 bits per heavy atom. The molecule has 1 aromatic carbocycles. The first-order valence-electron chi connectivity index (χ1n) is 4.92. The van der Waals surface area contributed by atoms with E-state index in [-0.39, 0.29) is 0 Å². The second-order valence-corrected chi connectivity index (χ2v) is 5.29. The minimum absolute atomic E-state index is 0.527. The Kier molecular flexibility index (Phi) is 2.08. The van der Waals surface area contributed by atoms with E-state index in [9.17, 15) is 0 Å². The van der Waals surface area contributed by atoms with Gasteiger partial charge in [-0.2, -0.15) is 0 Å². The molecule has 0 bridgehead atoms. The van der Waals surface area contributed by atoms with E-state index in [2.05, 4.69) is 30.1 Å². The number of rotatable bonds is 1. The summed E-state index contributed by atoms with van der Waals surface area (Å²) < 4.78 is 0. The average Bonchev–Trinajstić information content (AvgIpc) is 2.75. The molecule has 0 atom stereocenters. The van der Waals surface area contributed by atoms with Gasteiger partial charge in [0.25, 0.3) is 0 Å². The van der Waals surface area contributed by atoms with Gasteiger partial charge in [-0.05, 0) is 18.6 Å². The highest BCUT2D eigenvalue weighted by Crippen LogP contribution is 2.39. The molecule has 0 spiro atoms. The van der Waals surface area contributed by atoms with Crippen molar-refractivity contribution in [3.8, 4) is 11.3 Å². The lowest BCUT2D eigenvalue weighted by Crippen LogP contribution is -1.83. The second kappa shape index (κ2) is 3.32. The summed E-state index contributed by atoms with van der Waals surface area (Å²) in [5.41, 5.74) is 5.16. The lowest BCUT2D eigenvalue weighted by molar-refractivity contribution is 1.26. The van der Waals surface area contributed by atoms with Crippen molar-refractivity contribution in [2.75, 3.05) is 0 Å². The summed E-state index contributed by atoms with van der Waals surface area (Å²) in [6, 6.07) is 6.59. The summed E-state index contributed by atoms with van der Waals surface area (Å²) in [5.74, 6) is 0.527. The van der Waals surface area contributed by atoms with E-state index in [4.69, 9.17) is 11.6 Å². The van der Waals surface area contributed by atoms with Crippen LogP contribution in [-0.2, 0) is 12.3 Å². The SMILES string of the molecule is Cc1ccc2c(c1)-c1nc(CCl)sc1C2. The van der Waals surface area contributed by atoms with E-state index in [0.29, 0.717) is 5.88 Å². The molecule has 0 unspecified atom stereocenters. The standard InChI is InChI=1S/C12H10ClNS/c1-7-2-3-8-5-10-12(9(8)4-7)14-11(6-13)15-10/h2-4H,5-6H2,1H3. The number of fused-ring (bicyclic) bond motifs is 3. The number of aromatic nitrogens is 1. The van der Waals surface area contributed by atoms with Crippen molar-refractivity contribution >= 4 is 22.9 Å². The topological polar surface area (TPSA) is 12.9 Å². The van der Waals surface area contributed by atoms with Crippen LogP contribution in [0.4, 0.5) is 0 Å². The van der Waals surface area contributed by atoms with Crippen LogP contribution in [0.3, 0.4) is 0 Å². The summed E-state index contributed by atoms with van der Waals surface area (Å²) in [7, 11) is 0. The van der Waals surface area contributed by atoms with Crippen LogP contribution < -0.4 is 0 Å². The fourth-order valence-corrected chi connectivity index (χ4v) is 3.20. The maximum Gasteiger partial charge on any atom is 0.108 e. The number of benzene rings is 1. The molecule has 0 amide bonds. The fourth-order valence-electron chi connectivity index (χ4n) is 2.03. The molecule has 0 aliphatic heterocycles. The Hall–Kier alpha value is -0.860. The number of hydrogen-bond acceptors (Lipinski definition) is 2. The van der Waals surface area contributed by atoms with Crippen LogP contribution in [0.15, 0.2) is 18.2 Å². The molecule has 0 radical (unpaired) electrons. The van der Waals surface area contributed by atoms with Crippen molar-refractivity contribution < 1.29 is 0 Å². The summed E-state index contributed by atoms with van der Waals surface area (Å²) >= 11 is 7.54. The van der Waals surface area contributed by atoms with E-state index in [1.807, 2.05) is 0 Å². The Bertz CT molecular complexity index is 530. The highest BCUT2D eigenvalue weighted by atomic mass is 35.5. The largest absolute Gasteiger partial charge is 0.240 e. The number of nitrogens with zero attached hydrogens (tertiary/aromatic N) is 1. The summed E-state index contributed by atoms with van der Waals surface area (Å²) in [6.45, 7) is 2.12. The molecular formula is C12H10ClNS. The van der Waals surface area contributed by atoms with Gasteiger partial charge in [-0.1, -0.05) is 17.7 Å². The van der Waals surface area contributed by atoms with Crippen molar-refractivity contribution in [3.63, 3.8) is 0 Å². The summed E-state index contributed by atoms with van der Waals surface area (Å²) in [4.78, 5) is 5.95. The molecule has 0 fully saturated rings. The van der Waals surface area contributed by atoms with E-state index < -0.39 is 0 Å². The first-order chi connectivity index (χ1) is 7.28. The van der Waals surface area contributed by atoms with Crippen molar-refractivity contribution in [2.24, 2.45) is 0 Å². The third-order valence-corrected chi connectivity index (χ3v) is 4.19. The predicted octanol–water partition coefficient (Wildman–Crippen LogP) is 3.76. The number of hydrogen-bond donors (Lipinski definition) is 0. The van der Waals surface area contributed by atoms with Crippen LogP contribution in [0.5, 0.6) is 0 Å². The van der Waals surface area contributed by atoms with Gasteiger partial charge in [0.05, 0.1) is 11.6 Å². The van der Waals surface area contributed by atoms with Gasteiger partial charge in [0, 0.05) is 16.9 Å². The normalized spacial score (nSPS) is 12.7. The molecule has 0 N–H and O–H groups in total. The molecule has 1 aliphatic rings. The molecule has 1 aromatic heterocycles. The van der Waals surface area contributed by atoms with E-state index in [1.165, 1.54) is 21.6 Å². The molecule has 15 heavy (non-hydrogen) atoms. The van der Waals surface area contributed by atoms with Gasteiger partial charge >= 0.3 is 0 Å². The maximum atomic E-state index is 5.80. The quantitative estimate of drug-likeness (QED) is 0.586. The molecule has 1 heterocycles. The van der Waals surface area contributed by atoms with Crippen LogP contribution in [0.1, 0.15) is 21.0 Å². The van der Waals surface area contributed by atoms with Crippen molar-refractivity contribution in [1.29, 1.82) is 0 Å². The van der Waals surface area contributed by atoms with Gasteiger partial charge < -0.3 is 0 Å². The van der Waals surface area contributed by atoms with Crippen molar-refractivity contribution in [1.82, 2.24) is 4.98 Å². The highest BCUT2D eigenvalue weighted by Gasteiger charge is 2.22. The zero-order chi connectivity index (χ0) is 10.4. The van der Waals surface area contributed by atoms with Crippen LogP contribution >= 0.6 is 22.9 Å².